The van der Waals surface area contributed by atoms with E-state index in [9.17, 15) is 9.59 Å². The molecule has 10 heteroatoms. The number of hydrogen-bond donors (Lipinski definition) is 0. The van der Waals surface area contributed by atoms with Gasteiger partial charge >= 0.3 is 5.97 Å². The molecule has 1 aliphatic heterocycles. The minimum absolute atomic E-state index is 0.207. The standard InChI is InChI=1S/C28H27I2N3O4S/c1-6-12-37-25-20(29)13-17(14-21(25)30)15-22-26(34)33-24(18-8-10-19(11-9-18)32(4)5)23(27(35)36-7-2)16(3)31-28(33)38-22/h6,8-11,13-15,24H,1,7,12H2,2-5H3/b22-15-/t24-/m1/s1. The number of rotatable bonds is 8. The summed E-state index contributed by atoms with van der Waals surface area (Å²) in [5, 5.41) is 0. The summed E-state index contributed by atoms with van der Waals surface area (Å²) < 4.78 is 15.2. The number of thiazole rings is 1. The lowest BCUT2D eigenvalue weighted by molar-refractivity contribution is -0.139. The summed E-state index contributed by atoms with van der Waals surface area (Å²) in [6.07, 6.45) is 3.57. The lowest BCUT2D eigenvalue weighted by atomic mass is 9.95. The van der Waals surface area contributed by atoms with Gasteiger partial charge in [0.05, 0.1) is 35.6 Å². The number of carbonyl (C=O) groups excluding carboxylic acids is 1. The van der Waals surface area contributed by atoms with E-state index >= 15 is 0 Å². The molecule has 2 aromatic carbocycles. The molecule has 1 aromatic heterocycles. The zero-order valence-corrected chi connectivity index (χ0v) is 26.6. The van der Waals surface area contributed by atoms with E-state index in [2.05, 4.69) is 56.8 Å². The molecule has 4 rings (SSSR count). The Labute approximate surface area is 252 Å². The molecule has 1 aliphatic rings. The molecule has 7 nitrogen and oxygen atoms in total. The summed E-state index contributed by atoms with van der Waals surface area (Å²) in [7, 11) is 3.93. The van der Waals surface area contributed by atoms with Gasteiger partial charge in [0.2, 0.25) is 0 Å². The monoisotopic (exact) mass is 755 g/mol. The molecule has 0 spiro atoms. The molecule has 198 valence electrons. The Balaban J connectivity index is 1.88. The van der Waals surface area contributed by atoms with Crippen molar-refractivity contribution in [1.82, 2.24) is 4.57 Å². The summed E-state index contributed by atoms with van der Waals surface area (Å²) in [5.74, 6) is 0.324. The highest BCUT2D eigenvalue weighted by molar-refractivity contribution is 14.1. The minimum atomic E-state index is -0.640. The van der Waals surface area contributed by atoms with Crippen LogP contribution in [0.2, 0.25) is 0 Å². The van der Waals surface area contributed by atoms with Crippen molar-refractivity contribution in [2.75, 3.05) is 32.2 Å². The molecule has 1 atom stereocenters. The van der Waals surface area contributed by atoms with Crippen molar-refractivity contribution in [2.24, 2.45) is 4.99 Å². The maximum atomic E-state index is 13.8. The quantitative estimate of drug-likeness (QED) is 0.191. The van der Waals surface area contributed by atoms with Gasteiger partial charge in [0, 0.05) is 19.8 Å². The highest BCUT2D eigenvalue weighted by atomic mass is 127. The molecule has 0 fully saturated rings. The third-order valence-corrected chi connectivity index (χ3v) is 8.49. The Morgan fingerprint density at radius 1 is 1.21 bits per heavy atom. The second-order valence-corrected chi connectivity index (χ2v) is 12.0. The Kier molecular flexibility index (Phi) is 9.14. The second-order valence-electron chi connectivity index (χ2n) is 8.70. The van der Waals surface area contributed by atoms with Crippen LogP contribution < -0.4 is 24.5 Å². The number of benzene rings is 2. The van der Waals surface area contributed by atoms with Crippen LogP contribution in [0.3, 0.4) is 0 Å². The van der Waals surface area contributed by atoms with Crippen molar-refractivity contribution in [2.45, 2.75) is 19.9 Å². The summed E-state index contributed by atoms with van der Waals surface area (Å²) in [6.45, 7) is 7.91. The van der Waals surface area contributed by atoms with Crippen molar-refractivity contribution in [3.63, 3.8) is 0 Å². The van der Waals surface area contributed by atoms with Gasteiger partial charge in [0.25, 0.3) is 5.56 Å². The molecule has 0 aliphatic carbocycles. The number of allylic oxidation sites excluding steroid dienone is 1. The summed E-state index contributed by atoms with van der Waals surface area (Å²) in [4.78, 5) is 34.1. The number of esters is 1. The fourth-order valence-electron chi connectivity index (χ4n) is 4.16. The number of aromatic nitrogens is 1. The summed E-state index contributed by atoms with van der Waals surface area (Å²) in [6, 6.07) is 11.2. The maximum absolute atomic E-state index is 13.8. The van der Waals surface area contributed by atoms with Crippen LogP contribution in [0.15, 0.2) is 70.1 Å². The van der Waals surface area contributed by atoms with E-state index in [1.807, 2.05) is 61.5 Å². The molecular formula is C28H27I2N3O4S. The fraction of sp³-hybridized carbons (Fsp3) is 0.250. The number of carbonyl (C=O) groups is 1. The second kappa shape index (κ2) is 12.2. The lowest BCUT2D eigenvalue weighted by Crippen LogP contribution is -2.39. The van der Waals surface area contributed by atoms with Gasteiger partial charge in [-0.1, -0.05) is 36.1 Å². The molecule has 0 unspecified atom stereocenters. The molecule has 0 saturated carbocycles. The largest absolute Gasteiger partial charge is 0.487 e. The number of hydrogen-bond acceptors (Lipinski definition) is 7. The van der Waals surface area contributed by atoms with Crippen LogP contribution in [0.1, 0.15) is 31.0 Å². The van der Waals surface area contributed by atoms with Gasteiger partial charge in [-0.3, -0.25) is 9.36 Å². The molecule has 0 amide bonds. The van der Waals surface area contributed by atoms with E-state index in [0.717, 1.165) is 29.7 Å². The smallest absolute Gasteiger partial charge is 0.338 e. The van der Waals surface area contributed by atoms with E-state index in [0.29, 0.717) is 27.2 Å². The third-order valence-electron chi connectivity index (χ3n) is 5.91. The van der Waals surface area contributed by atoms with Gasteiger partial charge in [0.1, 0.15) is 12.4 Å². The van der Waals surface area contributed by atoms with Crippen LogP contribution in [0.4, 0.5) is 5.69 Å². The zero-order chi connectivity index (χ0) is 27.6. The van der Waals surface area contributed by atoms with Gasteiger partial charge in [-0.05, 0) is 100 Å². The molecule has 0 N–H and O–H groups in total. The van der Waals surface area contributed by atoms with Crippen LogP contribution >= 0.6 is 56.5 Å². The van der Waals surface area contributed by atoms with Crippen molar-refractivity contribution < 1.29 is 14.3 Å². The Hall–Kier alpha value is -2.45. The normalized spacial score (nSPS) is 15.1. The molecule has 0 saturated heterocycles. The van der Waals surface area contributed by atoms with Crippen molar-refractivity contribution in [1.29, 1.82) is 0 Å². The predicted octanol–water partition coefficient (Wildman–Crippen LogP) is 4.64. The van der Waals surface area contributed by atoms with Crippen molar-refractivity contribution >= 4 is 74.3 Å². The SMILES string of the molecule is C=CCOc1c(I)cc(/C=c2\sc3n(c2=O)[C@H](c2ccc(N(C)C)cc2)C(C(=O)OCC)=C(C)N=3)cc1I. The van der Waals surface area contributed by atoms with Gasteiger partial charge in [0.15, 0.2) is 4.80 Å². The number of nitrogens with zero attached hydrogens (tertiary/aromatic N) is 3. The first-order valence-corrected chi connectivity index (χ1v) is 14.8. The van der Waals surface area contributed by atoms with E-state index in [4.69, 9.17) is 9.47 Å². The fourth-order valence-corrected chi connectivity index (χ4v) is 7.33. The number of anilines is 1. The topological polar surface area (TPSA) is 73.1 Å². The first kappa shape index (κ1) is 28.6. The minimum Gasteiger partial charge on any atom is -0.487 e. The van der Waals surface area contributed by atoms with Crippen molar-refractivity contribution in [3.05, 3.63) is 98.3 Å². The van der Waals surface area contributed by atoms with Crippen molar-refractivity contribution in [3.8, 4) is 5.75 Å². The van der Waals surface area contributed by atoms with Gasteiger partial charge in [-0.2, -0.15) is 0 Å². The van der Waals surface area contributed by atoms with Gasteiger partial charge in [-0.15, -0.1) is 0 Å². The van der Waals surface area contributed by atoms with E-state index in [-0.39, 0.29) is 12.2 Å². The Bertz CT molecular complexity index is 1580. The third kappa shape index (κ3) is 5.76. The van der Waals surface area contributed by atoms with Crippen LogP contribution in [0.5, 0.6) is 5.75 Å². The van der Waals surface area contributed by atoms with Crippen LogP contribution in [0.25, 0.3) is 6.08 Å². The maximum Gasteiger partial charge on any atom is 0.338 e. The van der Waals surface area contributed by atoms with Crippen LogP contribution in [-0.4, -0.2) is 37.8 Å². The predicted molar refractivity (Wildman–Crippen MR) is 169 cm³/mol. The van der Waals surface area contributed by atoms with Gasteiger partial charge in [-0.25, -0.2) is 9.79 Å². The lowest BCUT2D eigenvalue weighted by Gasteiger charge is -2.25. The zero-order valence-electron chi connectivity index (χ0n) is 21.5. The van der Waals surface area contributed by atoms with E-state index < -0.39 is 12.0 Å². The molecule has 0 radical (unpaired) electrons. The van der Waals surface area contributed by atoms with E-state index in [1.165, 1.54) is 11.3 Å². The van der Waals surface area contributed by atoms with Crippen LogP contribution in [-0.2, 0) is 9.53 Å². The van der Waals surface area contributed by atoms with E-state index in [1.54, 1.807) is 24.5 Å². The average molecular weight is 755 g/mol. The number of ether oxygens (including phenoxy) is 2. The Morgan fingerprint density at radius 2 is 1.87 bits per heavy atom. The molecule has 3 aromatic rings. The molecule has 0 bridgehead atoms. The highest BCUT2D eigenvalue weighted by Crippen LogP contribution is 2.32. The first-order chi connectivity index (χ1) is 18.2. The molecular weight excluding hydrogens is 728 g/mol. The molecule has 2 heterocycles. The first-order valence-electron chi connectivity index (χ1n) is 11.9. The average Bonchev–Trinajstić information content (AvgIpc) is 3.17. The molecule has 38 heavy (non-hydrogen) atoms. The number of fused-ring (bicyclic) bond motifs is 1. The van der Waals surface area contributed by atoms with Gasteiger partial charge < -0.3 is 14.4 Å². The highest BCUT2D eigenvalue weighted by Gasteiger charge is 2.33. The summed E-state index contributed by atoms with van der Waals surface area (Å²) in [5.41, 5.74) is 3.42. The van der Waals surface area contributed by atoms with Crippen LogP contribution in [0, 0.1) is 7.14 Å². The number of halogens is 2. The summed E-state index contributed by atoms with van der Waals surface area (Å²) >= 11 is 5.78. The Morgan fingerprint density at radius 3 is 2.45 bits per heavy atom.